The van der Waals surface area contributed by atoms with Gasteiger partial charge in [-0.2, -0.15) is 0 Å². The van der Waals surface area contributed by atoms with Crippen molar-refractivity contribution in [2.45, 2.75) is 31.6 Å². The first-order valence-corrected chi connectivity index (χ1v) is 10.7. The average molecular weight is 395 g/mol. The third-order valence-corrected chi connectivity index (χ3v) is 6.61. The number of carbonyl (C=O) groups is 1. The van der Waals surface area contributed by atoms with Gasteiger partial charge in [0.2, 0.25) is 0 Å². The highest BCUT2D eigenvalue weighted by molar-refractivity contribution is 8.03. The summed E-state index contributed by atoms with van der Waals surface area (Å²) in [5.41, 5.74) is 2.35. The summed E-state index contributed by atoms with van der Waals surface area (Å²) in [7, 11) is 1.73. The molecule has 2 aliphatic rings. The van der Waals surface area contributed by atoms with Crippen LogP contribution >= 0.6 is 11.8 Å². The Balaban J connectivity index is 1.60. The first-order valence-electron chi connectivity index (χ1n) is 9.75. The van der Waals surface area contributed by atoms with Gasteiger partial charge in [0.25, 0.3) is 0 Å². The number of rotatable bonds is 7. The Morgan fingerprint density at radius 2 is 1.61 bits per heavy atom. The quantitative estimate of drug-likeness (QED) is 0.511. The zero-order valence-corrected chi connectivity index (χ0v) is 17.0. The van der Waals surface area contributed by atoms with Crippen LogP contribution in [0.4, 0.5) is 4.79 Å². The first kappa shape index (κ1) is 19.1. The molecule has 0 aromatic heterocycles. The summed E-state index contributed by atoms with van der Waals surface area (Å²) in [5.74, 6) is 0.952. The van der Waals surface area contributed by atoms with Gasteiger partial charge in [0, 0.05) is 37.5 Å². The smallest absolute Gasteiger partial charge is 0.321 e. The first-order chi connectivity index (χ1) is 13.8. The van der Waals surface area contributed by atoms with Gasteiger partial charge < -0.3 is 14.5 Å². The fourth-order valence-corrected chi connectivity index (χ4v) is 5.42. The maximum absolute atomic E-state index is 13.4. The minimum atomic E-state index is 0.137. The summed E-state index contributed by atoms with van der Waals surface area (Å²) in [5, 5.41) is 0. The number of benzene rings is 2. The average Bonchev–Trinajstić information content (AvgIpc) is 3.24. The van der Waals surface area contributed by atoms with Gasteiger partial charge in [0.05, 0.1) is 12.1 Å². The van der Waals surface area contributed by atoms with Crippen LogP contribution in [-0.2, 0) is 17.8 Å². The molecule has 2 saturated heterocycles. The molecule has 2 amide bonds. The molecule has 4 nitrogen and oxygen atoms in total. The van der Waals surface area contributed by atoms with Crippen LogP contribution < -0.4 is 0 Å². The third-order valence-electron chi connectivity index (χ3n) is 5.36. The standard InChI is InChI=1S/C23H26N2O2S/c1-27-14-8-13-21-22-20(17-28-21)24(15-18-9-4-2-5-10-18)23(26)25(22)16-19-11-6-3-7-12-19/h2-7,9-13,20,22H,8,14-17H2,1H3/b21-13-/t20-,22-/m0/s1. The monoisotopic (exact) mass is 394 g/mol. The maximum Gasteiger partial charge on any atom is 0.321 e. The van der Waals surface area contributed by atoms with E-state index in [1.165, 1.54) is 16.0 Å². The Morgan fingerprint density at radius 1 is 1.00 bits per heavy atom. The molecule has 4 rings (SSSR count). The highest BCUT2D eigenvalue weighted by Crippen LogP contribution is 2.43. The largest absolute Gasteiger partial charge is 0.384 e. The van der Waals surface area contributed by atoms with E-state index in [1.54, 1.807) is 7.11 Å². The van der Waals surface area contributed by atoms with Crippen molar-refractivity contribution in [2.75, 3.05) is 19.5 Å². The van der Waals surface area contributed by atoms with Crippen molar-refractivity contribution >= 4 is 17.8 Å². The molecule has 0 radical (unpaired) electrons. The van der Waals surface area contributed by atoms with Crippen molar-refractivity contribution in [3.05, 3.63) is 82.8 Å². The number of amides is 2. The minimum absolute atomic E-state index is 0.137. The van der Waals surface area contributed by atoms with Crippen LogP contribution in [0.5, 0.6) is 0 Å². The highest BCUT2D eigenvalue weighted by Gasteiger charge is 2.50. The van der Waals surface area contributed by atoms with Gasteiger partial charge in [-0.05, 0) is 17.5 Å². The van der Waals surface area contributed by atoms with Gasteiger partial charge in [-0.25, -0.2) is 4.79 Å². The van der Waals surface area contributed by atoms with Crippen molar-refractivity contribution in [2.24, 2.45) is 0 Å². The minimum Gasteiger partial charge on any atom is -0.384 e. The van der Waals surface area contributed by atoms with Crippen molar-refractivity contribution < 1.29 is 9.53 Å². The molecule has 0 unspecified atom stereocenters. The second-order valence-electron chi connectivity index (χ2n) is 7.22. The van der Waals surface area contributed by atoms with Crippen molar-refractivity contribution in [1.82, 2.24) is 9.80 Å². The van der Waals surface area contributed by atoms with E-state index in [0.29, 0.717) is 19.7 Å². The molecule has 2 aromatic carbocycles. The van der Waals surface area contributed by atoms with Crippen LogP contribution in [0.3, 0.4) is 0 Å². The van der Waals surface area contributed by atoms with E-state index in [4.69, 9.17) is 4.74 Å². The Labute approximate surface area is 171 Å². The maximum atomic E-state index is 13.4. The molecule has 2 heterocycles. The van der Waals surface area contributed by atoms with Crippen LogP contribution in [0.25, 0.3) is 0 Å². The van der Waals surface area contributed by atoms with Gasteiger partial charge in [-0.15, -0.1) is 11.8 Å². The summed E-state index contributed by atoms with van der Waals surface area (Å²) < 4.78 is 5.21. The Hall–Kier alpha value is -2.24. The third kappa shape index (κ3) is 3.96. The predicted molar refractivity (Wildman–Crippen MR) is 114 cm³/mol. The van der Waals surface area contributed by atoms with Crippen molar-refractivity contribution in [3.63, 3.8) is 0 Å². The predicted octanol–water partition coefficient (Wildman–Crippen LogP) is 4.53. The number of nitrogens with zero attached hydrogens (tertiary/aromatic N) is 2. The van der Waals surface area contributed by atoms with Gasteiger partial charge in [0.15, 0.2) is 0 Å². The Bertz CT molecular complexity index is 825. The molecule has 2 atom stereocenters. The molecule has 146 valence electrons. The fourth-order valence-electron chi connectivity index (χ4n) is 4.01. The van der Waals surface area contributed by atoms with Gasteiger partial charge in [-0.1, -0.05) is 66.7 Å². The molecule has 28 heavy (non-hydrogen) atoms. The topological polar surface area (TPSA) is 32.8 Å². The van der Waals surface area contributed by atoms with Crippen LogP contribution in [0, 0.1) is 0 Å². The Morgan fingerprint density at radius 3 is 2.21 bits per heavy atom. The van der Waals surface area contributed by atoms with E-state index < -0.39 is 0 Å². The SMILES string of the molecule is COCC/C=C1\SC[C@H]2[C@@H]1N(Cc1ccccc1)C(=O)N2Cc1ccccc1. The lowest BCUT2D eigenvalue weighted by molar-refractivity contribution is 0.182. The number of fused-ring (bicyclic) bond motifs is 1. The van der Waals surface area contributed by atoms with E-state index in [1.807, 2.05) is 48.2 Å². The summed E-state index contributed by atoms with van der Waals surface area (Å²) in [4.78, 5) is 18.8. The van der Waals surface area contributed by atoms with Gasteiger partial charge >= 0.3 is 6.03 Å². The van der Waals surface area contributed by atoms with Crippen molar-refractivity contribution in [3.8, 4) is 0 Å². The van der Waals surface area contributed by atoms with E-state index >= 15 is 0 Å². The van der Waals surface area contributed by atoms with Crippen LogP contribution in [-0.4, -0.2) is 47.4 Å². The summed E-state index contributed by atoms with van der Waals surface area (Å²) in [6.45, 7) is 2.02. The second-order valence-corrected chi connectivity index (χ2v) is 8.31. The van der Waals surface area contributed by atoms with Gasteiger partial charge in [-0.3, -0.25) is 0 Å². The number of thioether (sulfide) groups is 1. The Kier molecular flexibility index (Phi) is 6.03. The molecule has 0 bridgehead atoms. The molecule has 0 spiro atoms. The molecule has 0 N–H and O–H groups in total. The van der Waals surface area contributed by atoms with Crippen molar-refractivity contribution in [1.29, 1.82) is 0 Å². The van der Waals surface area contributed by atoms with Crippen LogP contribution in [0.1, 0.15) is 17.5 Å². The molecular formula is C23H26N2O2S. The fraction of sp³-hybridized carbons (Fsp3) is 0.348. The molecule has 5 heteroatoms. The number of hydrogen-bond donors (Lipinski definition) is 0. The zero-order chi connectivity index (χ0) is 19.3. The molecule has 2 aromatic rings. The summed E-state index contributed by atoms with van der Waals surface area (Å²) in [6.07, 6.45) is 3.14. The van der Waals surface area contributed by atoms with Crippen LogP contribution in [0.15, 0.2) is 71.6 Å². The van der Waals surface area contributed by atoms with E-state index in [-0.39, 0.29) is 18.1 Å². The lowest BCUT2D eigenvalue weighted by Crippen LogP contribution is -2.35. The number of hydrogen-bond acceptors (Lipinski definition) is 3. The van der Waals surface area contributed by atoms with Gasteiger partial charge in [0.1, 0.15) is 0 Å². The van der Waals surface area contributed by atoms with Crippen LogP contribution in [0.2, 0.25) is 0 Å². The molecule has 0 aliphatic carbocycles. The number of ether oxygens (including phenoxy) is 1. The second kappa shape index (κ2) is 8.84. The molecule has 0 saturated carbocycles. The number of methoxy groups -OCH3 is 1. The number of carbonyl (C=O) groups excluding carboxylic acids is 1. The molecule has 2 aliphatic heterocycles. The van der Waals surface area contributed by atoms with E-state index in [9.17, 15) is 4.79 Å². The summed E-state index contributed by atoms with van der Waals surface area (Å²) in [6, 6.07) is 21.1. The lowest BCUT2D eigenvalue weighted by atomic mass is 10.1. The molecular weight excluding hydrogens is 368 g/mol. The highest BCUT2D eigenvalue weighted by atomic mass is 32.2. The number of urea groups is 1. The summed E-state index contributed by atoms with van der Waals surface area (Å²) >= 11 is 1.89. The zero-order valence-electron chi connectivity index (χ0n) is 16.2. The normalized spacial score (nSPS) is 22.9. The molecule has 2 fully saturated rings. The van der Waals surface area contributed by atoms with E-state index in [2.05, 4.69) is 40.1 Å². The lowest BCUT2D eigenvalue weighted by Gasteiger charge is -2.23. The van der Waals surface area contributed by atoms with E-state index in [0.717, 1.165) is 12.2 Å².